The second kappa shape index (κ2) is 6.12. The van der Waals surface area contributed by atoms with Crippen molar-refractivity contribution in [1.82, 2.24) is 10.6 Å². The third-order valence-corrected chi connectivity index (χ3v) is 3.38. The first-order valence-electron chi connectivity index (χ1n) is 5.45. The maximum atomic E-state index is 11.8. The van der Waals surface area contributed by atoms with Crippen molar-refractivity contribution < 1.29 is 26.4 Å². The molecule has 0 aliphatic carbocycles. The monoisotopic (exact) mass is 310 g/mol. The van der Waals surface area contributed by atoms with E-state index in [0.29, 0.717) is 5.56 Å². The van der Waals surface area contributed by atoms with Gasteiger partial charge in [-0.2, -0.15) is 13.2 Å². The number of carbonyl (C=O) groups is 1. The summed E-state index contributed by atoms with van der Waals surface area (Å²) in [7, 11) is -3.30. The Balaban J connectivity index is 2.48. The van der Waals surface area contributed by atoms with E-state index in [2.05, 4.69) is 5.32 Å². The number of carbonyl (C=O) groups excluding carboxylic acids is 1. The average Bonchev–Trinajstić information content (AvgIpc) is 2.32. The molecule has 0 fully saturated rings. The van der Waals surface area contributed by atoms with Crippen LogP contribution in [0.15, 0.2) is 29.2 Å². The second-order valence-electron chi connectivity index (χ2n) is 4.07. The Bertz CT molecular complexity index is 568. The molecule has 0 aliphatic heterocycles. The summed E-state index contributed by atoms with van der Waals surface area (Å²) < 4.78 is 57.9. The van der Waals surface area contributed by atoms with Crippen LogP contribution < -0.4 is 10.6 Å². The maximum absolute atomic E-state index is 11.8. The Labute approximate surface area is 114 Å². The highest BCUT2D eigenvalue weighted by Gasteiger charge is 2.27. The van der Waals surface area contributed by atoms with Gasteiger partial charge in [-0.1, -0.05) is 12.1 Å². The molecule has 0 unspecified atom stereocenters. The smallest absolute Gasteiger partial charge is 0.334 e. The van der Waals surface area contributed by atoms with Gasteiger partial charge >= 0.3 is 12.2 Å². The van der Waals surface area contributed by atoms with Crippen LogP contribution in [-0.4, -0.2) is 33.4 Å². The molecule has 0 heterocycles. The number of hydrogen-bond acceptors (Lipinski definition) is 3. The largest absolute Gasteiger partial charge is 0.405 e. The van der Waals surface area contributed by atoms with Crippen molar-refractivity contribution >= 4 is 15.9 Å². The minimum absolute atomic E-state index is 0.00622. The van der Waals surface area contributed by atoms with E-state index >= 15 is 0 Å². The van der Waals surface area contributed by atoms with Gasteiger partial charge in [-0.15, -0.1) is 0 Å². The number of alkyl halides is 3. The molecule has 0 saturated heterocycles. The van der Waals surface area contributed by atoms with E-state index in [0.717, 1.165) is 6.26 Å². The third-order valence-electron chi connectivity index (χ3n) is 2.25. The van der Waals surface area contributed by atoms with Crippen LogP contribution in [0.3, 0.4) is 0 Å². The highest BCUT2D eigenvalue weighted by molar-refractivity contribution is 7.90. The molecule has 0 bridgehead atoms. The van der Waals surface area contributed by atoms with Crippen molar-refractivity contribution in [2.24, 2.45) is 0 Å². The molecular weight excluding hydrogens is 297 g/mol. The molecule has 0 spiro atoms. The second-order valence-corrected chi connectivity index (χ2v) is 6.08. The predicted molar refractivity (Wildman–Crippen MR) is 65.8 cm³/mol. The zero-order valence-electron chi connectivity index (χ0n) is 10.5. The van der Waals surface area contributed by atoms with Crippen molar-refractivity contribution in [3.63, 3.8) is 0 Å². The molecular formula is C11H13F3N2O3S. The molecule has 2 N–H and O–H groups in total. The highest BCUT2D eigenvalue weighted by Crippen LogP contribution is 2.12. The van der Waals surface area contributed by atoms with Crippen LogP contribution in [0.2, 0.25) is 0 Å². The Morgan fingerprint density at radius 3 is 2.15 bits per heavy atom. The quantitative estimate of drug-likeness (QED) is 0.884. The molecule has 9 heteroatoms. The summed E-state index contributed by atoms with van der Waals surface area (Å²) in [5.74, 6) is 0. The molecule has 0 saturated carbocycles. The van der Waals surface area contributed by atoms with Gasteiger partial charge in [-0.3, -0.25) is 0 Å². The summed E-state index contributed by atoms with van der Waals surface area (Å²) >= 11 is 0. The molecule has 1 aromatic rings. The molecule has 1 rings (SSSR count). The van der Waals surface area contributed by atoms with Crippen LogP contribution in [0.1, 0.15) is 5.56 Å². The van der Waals surface area contributed by atoms with Crippen LogP contribution in [-0.2, 0) is 16.4 Å². The van der Waals surface area contributed by atoms with Crippen LogP contribution in [0.25, 0.3) is 0 Å². The number of amides is 2. The van der Waals surface area contributed by atoms with Crippen molar-refractivity contribution in [1.29, 1.82) is 0 Å². The van der Waals surface area contributed by atoms with Crippen molar-refractivity contribution in [3.05, 3.63) is 29.8 Å². The Hall–Kier alpha value is -1.77. The van der Waals surface area contributed by atoms with Gasteiger partial charge in [-0.25, -0.2) is 13.2 Å². The number of hydrogen-bond donors (Lipinski definition) is 2. The number of rotatable bonds is 4. The predicted octanol–water partition coefficient (Wildman–Crippen LogP) is 1.45. The first-order valence-corrected chi connectivity index (χ1v) is 7.34. The molecule has 0 aromatic heterocycles. The minimum Gasteiger partial charge on any atom is -0.334 e. The summed E-state index contributed by atoms with van der Waals surface area (Å²) in [6, 6.07) is 4.72. The number of urea groups is 1. The topological polar surface area (TPSA) is 75.3 Å². The van der Waals surface area contributed by atoms with E-state index in [1.807, 2.05) is 0 Å². The molecule has 5 nitrogen and oxygen atoms in total. The molecule has 0 aliphatic rings. The number of benzene rings is 1. The van der Waals surface area contributed by atoms with Crippen LogP contribution in [0.5, 0.6) is 0 Å². The molecule has 2 amide bonds. The van der Waals surface area contributed by atoms with Gasteiger partial charge < -0.3 is 10.6 Å². The lowest BCUT2D eigenvalue weighted by Crippen LogP contribution is -2.40. The maximum Gasteiger partial charge on any atom is 0.405 e. The fourth-order valence-electron chi connectivity index (χ4n) is 1.28. The SMILES string of the molecule is CS(=O)(=O)c1ccc(CNC(=O)NCC(F)(F)F)cc1. The summed E-state index contributed by atoms with van der Waals surface area (Å²) in [5.41, 5.74) is 0.569. The summed E-state index contributed by atoms with van der Waals surface area (Å²) in [5, 5.41) is 3.89. The van der Waals surface area contributed by atoms with E-state index in [4.69, 9.17) is 0 Å². The fourth-order valence-corrected chi connectivity index (χ4v) is 1.91. The molecule has 1 aromatic carbocycles. The van der Waals surface area contributed by atoms with Gasteiger partial charge in [0, 0.05) is 12.8 Å². The number of nitrogens with one attached hydrogen (secondary N) is 2. The van der Waals surface area contributed by atoms with Crippen molar-refractivity contribution in [3.8, 4) is 0 Å². The Morgan fingerprint density at radius 1 is 1.15 bits per heavy atom. The van der Waals surface area contributed by atoms with Gasteiger partial charge in [0.25, 0.3) is 0 Å². The lowest BCUT2D eigenvalue weighted by molar-refractivity contribution is -0.122. The molecule has 112 valence electrons. The standard InChI is InChI=1S/C11H13F3N2O3S/c1-20(18,19)9-4-2-8(3-5-9)6-15-10(17)16-7-11(12,13)14/h2-5H,6-7H2,1H3,(H2,15,16,17). The van der Waals surface area contributed by atoms with Gasteiger partial charge in [-0.05, 0) is 17.7 Å². The van der Waals surface area contributed by atoms with Crippen LogP contribution in [0.4, 0.5) is 18.0 Å². The van der Waals surface area contributed by atoms with E-state index in [1.54, 1.807) is 5.32 Å². The normalized spacial score (nSPS) is 12.0. The lowest BCUT2D eigenvalue weighted by atomic mass is 10.2. The molecule has 0 radical (unpaired) electrons. The molecule has 0 atom stereocenters. The van der Waals surface area contributed by atoms with Gasteiger partial charge in [0.15, 0.2) is 9.84 Å². The summed E-state index contributed by atoms with van der Waals surface area (Å²) in [6.07, 6.45) is -3.40. The van der Waals surface area contributed by atoms with Crippen molar-refractivity contribution in [2.75, 3.05) is 12.8 Å². The summed E-state index contributed by atoms with van der Waals surface area (Å²) in [6.45, 7) is -1.42. The average molecular weight is 310 g/mol. The fraction of sp³-hybridized carbons (Fsp3) is 0.364. The van der Waals surface area contributed by atoms with E-state index in [1.165, 1.54) is 24.3 Å². The lowest BCUT2D eigenvalue weighted by Gasteiger charge is -2.10. The van der Waals surface area contributed by atoms with E-state index < -0.39 is 28.6 Å². The zero-order chi connectivity index (χ0) is 15.4. The Morgan fingerprint density at radius 2 is 1.70 bits per heavy atom. The highest BCUT2D eigenvalue weighted by atomic mass is 32.2. The van der Waals surface area contributed by atoms with E-state index in [-0.39, 0.29) is 11.4 Å². The first kappa shape index (κ1) is 16.3. The van der Waals surface area contributed by atoms with Crippen LogP contribution >= 0.6 is 0 Å². The van der Waals surface area contributed by atoms with Crippen molar-refractivity contribution in [2.45, 2.75) is 17.6 Å². The van der Waals surface area contributed by atoms with Crippen LogP contribution in [0, 0.1) is 0 Å². The number of halogens is 3. The zero-order valence-corrected chi connectivity index (χ0v) is 11.3. The summed E-state index contributed by atoms with van der Waals surface area (Å²) in [4.78, 5) is 11.2. The van der Waals surface area contributed by atoms with Gasteiger partial charge in [0.2, 0.25) is 0 Å². The third kappa shape index (κ3) is 5.91. The Kier molecular flexibility index (Phi) is 4.98. The first-order chi connectivity index (χ1) is 9.08. The van der Waals surface area contributed by atoms with Gasteiger partial charge in [0.1, 0.15) is 6.54 Å². The van der Waals surface area contributed by atoms with E-state index in [9.17, 15) is 26.4 Å². The number of sulfone groups is 1. The minimum atomic E-state index is -4.46. The van der Waals surface area contributed by atoms with Gasteiger partial charge in [0.05, 0.1) is 4.90 Å². The molecule has 20 heavy (non-hydrogen) atoms.